The third-order valence-corrected chi connectivity index (χ3v) is 8.33. The quantitative estimate of drug-likeness (QED) is 0.240. The van der Waals surface area contributed by atoms with Gasteiger partial charge in [-0.3, -0.25) is 9.59 Å². The average molecular weight is 653 g/mol. The lowest BCUT2D eigenvalue weighted by atomic mass is 9.88. The van der Waals surface area contributed by atoms with E-state index >= 15 is 0 Å². The zero-order valence-electron chi connectivity index (χ0n) is 24.4. The molecule has 0 spiro atoms. The van der Waals surface area contributed by atoms with Gasteiger partial charge in [0.1, 0.15) is 5.75 Å². The molecule has 39 heavy (non-hydrogen) atoms. The number of benzene rings is 1. The van der Waals surface area contributed by atoms with Gasteiger partial charge in [0.05, 0.1) is 13.2 Å². The molecule has 1 saturated carbocycles. The van der Waals surface area contributed by atoms with E-state index in [0.29, 0.717) is 35.6 Å². The fourth-order valence-electron chi connectivity index (χ4n) is 5.67. The summed E-state index contributed by atoms with van der Waals surface area (Å²) in [5.41, 5.74) is 4.66. The van der Waals surface area contributed by atoms with E-state index in [9.17, 15) is 9.59 Å². The topological polar surface area (TPSA) is 86.9 Å². The molecule has 0 unspecified atom stereocenters. The summed E-state index contributed by atoms with van der Waals surface area (Å²) in [5.74, 6) is 0.501. The van der Waals surface area contributed by atoms with Crippen LogP contribution in [0.5, 0.6) is 5.75 Å². The first kappa shape index (κ1) is 31.4. The molecule has 1 heterocycles. The lowest BCUT2D eigenvalue weighted by Gasteiger charge is -2.41. The Hall–Kier alpha value is -2.11. The van der Waals surface area contributed by atoms with Crippen molar-refractivity contribution in [2.75, 3.05) is 49.8 Å². The Labute approximate surface area is 247 Å². The maximum absolute atomic E-state index is 13.5. The fraction of sp³-hybridized carbons (Fsp3) is 0.600. The SMILES string of the molecule is CCN(c1cc(OCCI)cc(C(=O)NCc2c(C)cc(C)[nH]c2=O)c1C)C1CCC(N(C)CCOC)CC1. The Kier molecular flexibility index (Phi) is 12.1. The number of aryl methyl sites for hydroxylation is 2. The predicted molar refractivity (Wildman–Crippen MR) is 167 cm³/mol. The number of methoxy groups -OCH3 is 1. The van der Waals surface area contributed by atoms with Gasteiger partial charge in [-0.1, -0.05) is 22.6 Å². The van der Waals surface area contributed by atoms with Crippen LogP contribution in [0.2, 0.25) is 0 Å². The molecule has 0 bridgehead atoms. The normalized spacial score (nSPS) is 17.3. The van der Waals surface area contributed by atoms with Crippen molar-refractivity contribution in [3.8, 4) is 5.75 Å². The van der Waals surface area contributed by atoms with Gasteiger partial charge in [-0.2, -0.15) is 0 Å². The van der Waals surface area contributed by atoms with Gasteiger partial charge in [0, 0.05) is 71.8 Å². The molecule has 1 aromatic heterocycles. The molecule has 1 aromatic carbocycles. The van der Waals surface area contributed by atoms with Crippen molar-refractivity contribution in [2.45, 2.75) is 72.0 Å². The Morgan fingerprint density at radius 2 is 1.79 bits per heavy atom. The summed E-state index contributed by atoms with van der Waals surface area (Å²) in [5, 5.41) is 2.99. The van der Waals surface area contributed by atoms with E-state index in [4.69, 9.17) is 9.47 Å². The number of alkyl halides is 1. The highest BCUT2D eigenvalue weighted by atomic mass is 127. The molecule has 8 nitrogen and oxygen atoms in total. The minimum Gasteiger partial charge on any atom is -0.493 e. The number of nitrogens with one attached hydrogen (secondary N) is 2. The van der Waals surface area contributed by atoms with Gasteiger partial charge in [-0.15, -0.1) is 0 Å². The molecule has 0 saturated heterocycles. The molecule has 9 heteroatoms. The summed E-state index contributed by atoms with van der Waals surface area (Å²) in [7, 11) is 3.94. The number of pyridine rings is 1. The first-order valence-electron chi connectivity index (χ1n) is 14.0. The fourth-order valence-corrected chi connectivity index (χ4v) is 5.89. The lowest BCUT2D eigenvalue weighted by Crippen LogP contribution is -2.44. The van der Waals surface area contributed by atoms with Crippen LogP contribution in [0.4, 0.5) is 5.69 Å². The molecule has 2 N–H and O–H groups in total. The number of rotatable bonds is 13. The van der Waals surface area contributed by atoms with Gasteiger partial charge in [0.15, 0.2) is 0 Å². The maximum atomic E-state index is 13.5. The Morgan fingerprint density at radius 1 is 1.10 bits per heavy atom. The minimum absolute atomic E-state index is 0.162. The molecule has 0 atom stereocenters. The highest BCUT2D eigenvalue weighted by molar-refractivity contribution is 14.1. The standard InChI is InChI=1S/C30H45IN4O4/c1-7-35(24-10-8-23(9-11-24)34(5)13-15-38-6)28-18-25(39-14-12-31)17-26(22(28)4)29(36)32-19-27-20(2)16-21(3)33-30(27)37/h16-18,23-24H,7-15,19H2,1-6H3,(H,32,36)(H,33,37). The highest BCUT2D eigenvalue weighted by Gasteiger charge is 2.29. The third kappa shape index (κ3) is 8.20. The van der Waals surface area contributed by atoms with E-state index < -0.39 is 0 Å². The molecule has 0 radical (unpaired) electrons. The molecule has 1 amide bonds. The number of aromatic amines is 1. The predicted octanol–water partition coefficient (Wildman–Crippen LogP) is 4.76. The van der Waals surface area contributed by atoms with Gasteiger partial charge in [0.25, 0.3) is 11.5 Å². The number of carbonyl (C=O) groups excluding carboxylic acids is 1. The van der Waals surface area contributed by atoms with Crippen LogP contribution in [-0.4, -0.2) is 72.8 Å². The number of amides is 1. The van der Waals surface area contributed by atoms with E-state index in [2.05, 4.69) is 62.7 Å². The number of nitrogens with zero attached hydrogens (tertiary/aromatic N) is 2. The molecule has 0 aliphatic heterocycles. The number of carbonyl (C=O) groups is 1. The van der Waals surface area contributed by atoms with Crippen LogP contribution in [0, 0.1) is 20.8 Å². The summed E-state index contributed by atoms with van der Waals surface area (Å²) in [6.07, 6.45) is 4.49. The second-order valence-corrected chi connectivity index (χ2v) is 11.6. The van der Waals surface area contributed by atoms with Gasteiger partial charge >= 0.3 is 0 Å². The van der Waals surface area contributed by atoms with Crippen LogP contribution < -0.4 is 20.5 Å². The molecule has 1 aliphatic rings. The van der Waals surface area contributed by atoms with Gasteiger partial charge in [-0.25, -0.2) is 0 Å². The number of H-pyrrole nitrogens is 1. The Morgan fingerprint density at radius 3 is 2.41 bits per heavy atom. The van der Waals surface area contributed by atoms with Crippen molar-refractivity contribution in [2.24, 2.45) is 0 Å². The molecule has 1 aliphatic carbocycles. The number of hydrogen-bond donors (Lipinski definition) is 2. The van der Waals surface area contributed by atoms with Crippen LogP contribution in [0.25, 0.3) is 0 Å². The van der Waals surface area contributed by atoms with E-state index in [-0.39, 0.29) is 18.0 Å². The van der Waals surface area contributed by atoms with Crippen LogP contribution in [0.3, 0.4) is 0 Å². The van der Waals surface area contributed by atoms with E-state index in [1.165, 1.54) is 0 Å². The number of halogens is 1. The first-order chi connectivity index (χ1) is 18.7. The molecular formula is C30H45IN4O4. The maximum Gasteiger partial charge on any atom is 0.253 e. The Balaban J connectivity index is 1.83. The van der Waals surface area contributed by atoms with Crippen LogP contribution in [-0.2, 0) is 11.3 Å². The summed E-state index contributed by atoms with van der Waals surface area (Å²) in [6, 6.07) is 6.83. The van der Waals surface area contributed by atoms with E-state index in [1.807, 2.05) is 32.9 Å². The average Bonchev–Trinajstić information content (AvgIpc) is 2.91. The van der Waals surface area contributed by atoms with Crippen molar-refractivity contribution < 1.29 is 14.3 Å². The molecular weight excluding hydrogens is 607 g/mol. The van der Waals surface area contributed by atoms with Gasteiger partial charge in [0.2, 0.25) is 0 Å². The minimum atomic E-state index is -0.201. The number of aromatic nitrogens is 1. The summed E-state index contributed by atoms with van der Waals surface area (Å²) < 4.78 is 12.2. The second kappa shape index (κ2) is 15.0. The van der Waals surface area contributed by atoms with Crippen LogP contribution in [0.1, 0.15) is 65.3 Å². The van der Waals surface area contributed by atoms with Crippen molar-refractivity contribution >= 4 is 34.2 Å². The number of hydrogen-bond acceptors (Lipinski definition) is 6. The zero-order chi connectivity index (χ0) is 28.5. The highest BCUT2D eigenvalue weighted by Crippen LogP contribution is 2.35. The Bertz CT molecular complexity index is 1160. The summed E-state index contributed by atoms with van der Waals surface area (Å²) in [4.78, 5) is 33.7. The van der Waals surface area contributed by atoms with Crippen molar-refractivity contribution in [3.05, 3.63) is 56.5 Å². The summed E-state index contributed by atoms with van der Waals surface area (Å²) in [6.45, 7) is 11.3. The largest absolute Gasteiger partial charge is 0.493 e. The van der Waals surface area contributed by atoms with E-state index in [0.717, 1.165) is 72.3 Å². The van der Waals surface area contributed by atoms with Crippen LogP contribution in [0.15, 0.2) is 23.0 Å². The van der Waals surface area contributed by atoms with Crippen molar-refractivity contribution in [3.63, 3.8) is 0 Å². The van der Waals surface area contributed by atoms with Crippen molar-refractivity contribution in [1.82, 2.24) is 15.2 Å². The summed E-state index contributed by atoms with van der Waals surface area (Å²) >= 11 is 2.29. The van der Waals surface area contributed by atoms with Gasteiger partial charge in [-0.05, 0) is 83.7 Å². The lowest BCUT2D eigenvalue weighted by molar-refractivity contribution is 0.0949. The van der Waals surface area contributed by atoms with E-state index in [1.54, 1.807) is 7.11 Å². The number of anilines is 1. The molecule has 3 rings (SSSR count). The van der Waals surface area contributed by atoms with Crippen molar-refractivity contribution in [1.29, 1.82) is 0 Å². The first-order valence-corrected chi connectivity index (χ1v) is 15.5. The molecule has 2 aromatic rings. The van der Waals surface area contributed by atoms with Gasteiger partial charge < -0.3 is 29.6 Å². The smallest absolute Gasteiger partial charge is 0.253 e. The van der Waals surface area contributed by atoms with Crippen LogP contribution >= 0.6 is 22.6 Å². The molecule has 1 fully saturated rings. The third-order valence-electron chi connectivity index (χ3n) is 7.89. The monoisotopic (exact) mass is 652 g/mol. The number of ether oxygens (including phenoxy) is 2. The zero-order valence-corrected chi connectivity index (χ0v) is 26.5. The number of likely N-dealkylation sites (N-methyl/N-ethyl adjacent to an activating group) is 1. The molecule has 216 valence electrons. The second-order valence-electron chi connectivity index (χ2n) is 10.5.